The third-order valence-corrected chi connectivity index (χ3v) is 3.07. The van der Waals surface area contributed by atoms with Crippen LogP contribution < -0.4 is 5.63 Å². The lowest BCUT2D eigenvalue weighted by Gasteiger charge is -2.11. The van der Waals surface area contributed by atoms with Crippen LogP contribution in [0.2, 0.25) is 0 Å². The standard InChI is InChI=1S/C16H13F3O4/c1-3-22-14(20)13-11(10-6-4-9(2)5-7-10)8-12(16(17,18)19)23-15(13)21/h4-8H,3H2,1-2H3. The molecule has 0 saturated heterocycles. The Morgan fingerprint density at radius 1 is 1.22 bits per heavy atom. The molecule has 0 fully saturated rings. The van der Waals surface area contributed by atoms with Crippen molar-refractivity contribution in [1.29, 1.82) is 0 Å². The summed E-state index contributed by atoms with van der Waals surface area (Å²) in [7, 11) is 0. The number of halogens is 3. The lowest BCUT2D eigenvalue weighted by Crippen LogP contribution is -2.21. The maximum atomic E-state index is 12.9. The van der Waals surface area contributed by atoms with Crippen molar-refractivity contribution in [2.24, 2.45) is 0 Å². The molecule has 122 valence electrons. The third-order valence-electron chi connectivity index (χ3n) is 3.07. The van der Waals surface area contributed by atoms with E-state index in [1.54, 1.807) is 19.1 Å². The molecule has 0 aliphatic heterocycles. The van der Waals surface area contributed by atoms with Crippen LogP contribution in [0.1, 0.15) is 28.6 Å². The van der Waals surface area contributed by atoms with Gasteiger partial charge in [0, 0.05) is 5.56 Å². The number of alkyl halides is 3. The zero-order chi connectivity index (χ0) is 17.2. The summed E-state index contributed by atoms with van der Waals surface area (Å²) in [6.45, 7) is 3.30. The molecular weight excluding hydrogens is 313 g/mol. The summed E-state index contributed by atoms with van der Waals surface area (Å²) < 4.78 is 47.6. The number of carbonyl (C=O) groups is 1. The number of esters is 1. The first-order valence-corrected chi connectivity index (χ1v) is 6.73. The SMILES string of the molecule is CCOC(=O)c1c(-c2ccc(C)cc2)cc(C(F)(F)F)oc1=O. The maximum Gasteiger partial charge on any atom is 0.449 e. The first kappa shape index (κ1) is 16.8. The number of hydrogen-bond donors (Lipinski definition) is 0. The van der Waals surface area contributed by atoms with Crippen molar-refractivity contribution >= 4 is 5.97 Å². The zero-order valence-corrected chi connectivity index (χ0v) is 12.4. The fraction of sp³-hybridized carbons (Fsp3) is 0.250. The van der Waals surface area contributed by atoms with E-state index in [2.05, 4.69) is 4.42 Å². The monoisotopic (exact) mass is 326 g/mol. The molecule has 0 aliphatic carbocycles. The molecule has 0 radical (unpaired) electrons. The van der Waals surface area contributed by atoms with Gasteiger partial charge in [0.2, 0.25) is 5.76 Å². The highest BCUT2D eigenvalue weighted by atomic mass is 19.4. The van der Waals surface area contributed by atoms with Crippen molar-refractivity contribution in [3.05, 3.63) is 57.6 Å². The van der Waals surface area contributed by atoms with Crippen LogP contribution in [-0.2, 0) is 10.9 Å². The van der Waals surface area contributed by atoms with Gasteiger partial charge in [-0.25, -0.2) is 9.59 Å². The van der Waals surface area contributed by atoms with Crippen molar-refractivity contribution < 1.29 is 27.1 Å². The molecule has 0 atom stereocenters. The highest BCUT2D eigenvalue weighted by Gasteiger charge is 2.36. The third kappa shape index (κ3) is 3.61. The Labute approximate surface area is 129 Å². The van der Waals surface area contributed by atoms with E-state index in [9.17, 15) is 22.8 Å². The van der Waals surface area contributed by atoms with E-state index in [0.29, 0.717) is 6.07 Å². The normalized spacial score (nSPS) is 11.3. The average molecular weight is 326 g/mol. The van der Waals surface area contributed by atoms with Crippen LogP contribution in [-0.4, -0.2) is 12.6 Å². The minimum Gasteiger partial charge on any atom is -0.462 e. The topological polar surface area (TPSA) is 56.5 Å². The fourth-order valence-corrected chi connectivity index (χ4v) is 1.99. The molecule has 2 rings (SSSR count). The molecule has 1 heterocycles. The van der Waals surface area contributed by atoms with Gasteiger partial charge >= 0.3 is 17.8 Å². The largest absolute Gasteiger partial charge is 0.462 e. The molecule has 0 spiro atoms. The van der Waals surface area contributed by atoms with Gasteiger partial charge in [-0.15, -0.1) is 0 Å². The fourth-order valence-electron chi connectivity index (χ4n) is 1.99. The van der Waals surface area contributed by atoms with Crippen molar-refractivity contribution in [1.82, 2.24) is 0 Å². The second-order valence-corrected chi connectivity index (χ2v) is 4.77. The quantitative estimate of drug-likeness (QED) is 0.805. The summed E-state index contributed by atoms with van der Waals surface area (Å²) in [6, 6.07) is 7.00. The molecule has 0 unspecified atom stereocenters. The molecule has 1 aromatic heterocycles. The number of ether oxygens (including phenoxy) is 1. The number of rotatable bonds is 3. The molecule has 2 aromatic rings. The van der Waals surface area contributed by atoms with Crippen LogP contribution in [0.25, 0.3) is 11.1 Å². The molecule has 0 N–H and O–H groups in total. The van der Waals surface area contributed by atoms with Crippen molar-refractivity contribution in [3.63, 3.8) is 0 Å². The molecule has 1 aromatic carbocycles. The Balaban J connectivity index is 2.73. The first-order valence-electron chi connectivity index (χ1n) is 6.73. The molecule has 23 heavy (non-hydrogen) atoms. The Morgan fingerprint density at radius 2 is 1.83 bits per heavy atom. The van der Waals surface area contributed by atoms with Gasteiger partial charge in [0.15, 0.2) is 5.56 Å². The van der Waals surface area contributed by atoms with Crippen molar-refractivity contribution in [2.75, 3.05) is 6.61 Å². The second-order valence-electron chi connectivity index (χ2n) is 4.77. The van der Waals surface area contributed by atoms with Crippen LogP contribution in [0.15, 0.2) is 39.5 Å². The van der Waals surface area contributed by atoms with Gasteiger partial charge in [-0.2, -0.15) is 13.2 Å². The summed E-state index contributed by atoms with van der Waals surface area (Å²) in [5, 5.41) is 0. The van der Waals surface area contributed by atoms with Crippen LogP contribution >= 0.6 is 0 Å². The predicted molar refractivity (Wildman–Crippen MR) is 76.1 cm³/mol. The molecule has 0 saturated carbocycles. The summed E-state index contributed by atoms with van der Waals surface area (Å²) in [5.41, 5.74) is -0.938. The van der Waals surface area contributed by atoms with Gasteiger partial charge in [0.05, 0.1) is 6.61 Å². The van der Waals surface area contributed by atoms with Gasteiger partial charge in [0.25, 0.3) is 0 Å². The highest BCUT2D eigenvalue weighted by Crippen LogP contribution is 2.32. The number of carbonyl (C=O) groups excluding carboxylic acids is 1. The molecule has 4 nitrogen and oxygen atoms in total. The lowest BCUT2D eigenvalue weighted by atomic mass is 10.00. The molecule has 0 amide bonds. The highest BCUT2D eigenvalue weighted by molar-refractivity contribution is 5.96. The minimum absolute atomic E-state index is 0.0212. The Hall–Kier alpha value is -2.57. The van der Waals surface area contributed by atoms with E-state index >= 15 is 0 Å². The van der Waals surface area contributed by atoms with E-state index < -0.39 is 29.1 Å². The summed E-state index contributed by atoms with van der Waals surface area (Å²) >= 11 is 0. The molecule has 7 heteroatoms. The second kappa shape index (κ2) is 6.28. The van der Waals surface area contributed by atoms with Gasteiger partial charge in [-0.3, -0.25) is 0 Å². The summed E-state index contributed by atoms with van der Waals surface area (Å²) in [5.74, 6) is -2.49. The van der Waals surface area contributed by atoms with Gasteiger partial charge in [-0.1, -0.05) is 29.8 Å². The van der Waals surface area contributed by atoms with E-state index in [4.69, 9.17) is 4.74 Å². The van der Waals surface area contributed by atoms with Gasteiger partial charge in [0.1, 0.15) is 0 Å². The maximum absolute atomic E-state index is 12.9. The van der Waals surface area contributed by atoms with Gasteiger partial charge in [-0.05, 0) is 25.5 Å². The molecular formula is C16H13F3O4. The van der Waals surface area contributed by atoms with Crippen molar-refractivity contribution in [3.8, 4) is 11.1 Å². The van der Waals surface area contributed by atoms with E-state index in [1.807, 2.05) is 0 Å². The number of aryl methyl sites for hydroxylation is 1. The summed E-state index contributed by atoms with van der Waals surface area (Å²) in [6.07, 6.45) is -4.84. The first-order chi connectivity index (χ1) is 10.7. The molecule has 0 bridgehead atoms. The van der Waals surface area contributed by atoms with Gasteiger partial charge < -0.3 is 9.15 Å². The molecule has 0 aliphatic rings. The Morgan fingerprint density at radius 3 is 2.35 bits per heavy atom. The van der Waals surface area contributed by atoms with Crippen LogP contribution in [0.4, 0.5) is 13.2 Å². The summed E-state index contributed by atoms with van der Waals surface area (Å²) in [4.78, 5) is 23.8. The smallest absolute Gasteiger partial charge is 0.449 e. The lowest BCUT2D eigenvalue weighted by molar-refractivity contribution is -0.154. The Bertz CT molecular complexity index is 773. The number of hydrogen-bond acceptors (Lipinski definition) is 4. The number of benzene rings is 1. The van der Waals surface area contributed by atoms with Crippen molar-refractivity contribution in [2.45, 2.75) is 20.0 Å². The van der Waals surface area contributed by atoms with Crippen LogP contribution in [0.5, 0.6) is 0 Å². The predicted octanol–water partition coefficient (Wildman–Crippen LogP) is 3.81. The van der Waals surface area contributed by atoms with Crippen LogP contribution in [0.3, 0.4) is 0 Å². The van der Waals surface area contributed by atoms with E-state index in [-0.39, 0.29) is 17.7 Å². The minimum atomic E-state index is -4.84. The zero-order valence-electron chi connectivity index (χ0n) is 12.4. The average Bonchev–Trinajstić information content (AvgIpc) is 2.46. The van der Waals surface area contributed by atoms with Crippen LogP contribution in [0, 0.1) is 6.92 Å². The Kier molecular flexibility index (Phi) is 4.58. The van der Waals surface area contributed by atoms with E-state index in [1.165, 1.54) is 19.1 Å². The van der Waals surface area contributed by atoms with E-state index in [0.717, 1.165) is 5.56 Å².